The van der Waals surface area contributed by atoms with E-state index in [1.165, 1.54) is 17.6 Å². The van der Waals surface area contributed by atoms with Crippen molar-refractivity contribution < 1.29 is 13.9 Å². The molecule has 1 amide bonds. The van der Waals surface area contributed by atoms with E-state index in [1.54, 1.807) is 6.07 Å². The van der Waals surface area contributed by atoms with Crippen LogP contribution in [0.1, 0.15) is 46.6 Å². The number of ether oxygens (including phenoxy) is 1. The standard InChI is InChI=1S/C22H29FN4O2S/c1-16-21(30-25-24-16)22(28)27(15-19-6-4-12-29-19)13-17-8-10-26(11-9-17)14-18-5-2-3-7-20(18)23/h2-3,5,7,17,19H,4,6,8-15H2,1H3/t19-/m0/s1. The van der Waals surface area contributed by atoms with E-state index in [-0.39, 0.29) is 17.8 Å². The lowest BCUT2D eigenvalue weighted by molar-refractivity contribution is 0.0447. The zero-order valence-corrected chi connectivity index (χ0v) is 18.2. The third-order valence-corrected chi connectivity index (χ3v) is 6.93. The molecule has 2 aliphatic heterocycles. The topological polar surface area (TPSA) is 58.6 Å². The van der Waals surface area contributed by atoms with Gasteiger partial charge in [-0.1, -0.05) is 22.7 Å². The molecular weight excluding hydrogens is 403 g/mol. The van der Waals surface area contributed by atoms with Crippen molar-refractivity contribution in [2.45, 2.75) is 45.3 Å². The molecule has 30 heavy (non-hydrogen) atoms. The van der Waals surface area contributed by atoms with E-state index in [9.17, 15) is 9.18 Å². The van der Waals surface area contributed by atoms with E-state index in [4.69, 9.17) is 4.74 Å². The predicted octanol–water partition coefficient (Wildman–Crippen LogP) is 3.52. The van der Waals surface area contributed by atoms with Gasteiger partial charge in [0.1, 0.15) is 10.7 Å². The van der Waals surface area contributed by atoms with Gasteiger partial charge in [-0.15, -0.1) is 5.10 Å². The van der Waals surface area contributed by atoms with Crippen LogP contribution in [0.4, 0.5) is 4.39 Å². The minimum Gasteiger partial charge on any atom is -0.376 e. The molecule has 4 rings (SSSR count). The molecule has 0 radical (unpaired) electrons. The molecule has 0 bridgehead atoms. The SMILES string of the molecule is Cc1nnsc1C(=O)N(CC1CCN(Cc2ccccc2F)CC1)C[C@@H]1CCCO1. The highest BCUT2D eigenvalue weighted by atomic mass is 32.1. The number of likely N-dealkylation sites (tertiary alicyclic amines) is 1. The van der Waals surface area contributed by atoms with Gasteiger partial charge in [0.2, 0.25) is 0 Å². The number of nitrogens with zero attached hydrogens (tertiary/aromatic N) is 4. The number of piperidine rings is 1. The monoisotopic (exact) mass is 432 g/mol. The second kappa shape index (κ2) is 9.94. The fourth-order valence-corrected chi connectivity index (χ4v) is 4.98. The first-order chi connectivity index (χ1) is 14.6. The first-order valence-corrected chi connectivity index (χ1v) is 11.5. The molecule has 0 unspecified atom stereocenters. The summed E-state index contributed by atoms with van der Waals surface area (Å²) in [5.41, 5.74) is 1.45. The normalized spacial score (nSPS) is 20.5. The maximum absolute atomic E-state index is 14.0. The summed E-state index contributed by atoms with van der Waals surface area (Å²) in [6.45, 7) is 6.45. The Morgan fingerprint density at radius 2 is 2.07 bits per heavy atom. The number of aryl methyl sites for hydroxylation is 1. The number of hydrogen-bond donors (Lipinski definition) is 0. The smallest absolute Gasteiger partial charge is 0.267 e. The summed E-state index contributed by atoms with van der Waals surface area (Å²) >= 11 is 1.17. The maximum Gasteiger partial charge on any atom is 0.267 e. The molecule has 162 valence electrons. The van der Waals surface area contributed by atoms with Gasteiger partial charge in [-0.3, -0.25) is 9.69 Å². The maximum atomic E-state index is 14.0. The second-order valence-electron chi connectivity index (χ2n) is 8.34. The molecule has 2 fully saturated rings. The van der Waals surface area contributed by atoms with Crippen molar-refractivity contribution in [3.63, 3.8) is 0 Å². The molecule has 0 aliphatic carbocycles. The van der Waals surface area contributed by atoms with Crippen LogP contribution in [0.2, 0.25) is 0 Å². The van der Waals surface area contributed by atoms with Gasteiger partial charge in [0.05, 0.1) is 11.8 Å². The number of benzene rings is 1. The van der Waals surface area contributed by atoms with Crippen molar-refractivity contribution in [1.82, 2.24) is 19.4 Å². The molecule has 6 nitrogen and oxygen atoms in total. The minimum atomic E-state index is -0.138. The van der Waals surface area contributed by atoms with Crippen LogP contribution < -0.4 is 0 Å². The summed E-state index contributed by atoms with van der Waals surface area (Å²) < 4.78 is 23.7. The van der Waals surface area contributed by atoms with Gasteiger partial charge in [-0.25, -0.2) is 4.39 Å². The van der Waals surface area contributed by atoms with E-state index in [0.717, 1.165) is 57.5 Å². The Morgan fingerprint density at radius 1 is 1.27 bits per heavy atom. The lowest BCUT2D eigenvalue weighted by Crippen LogP contribution is -2.43. The summed E-state index contributed by atoms with van der Waals surface area (Å²) in [4.78, 5) is 18.1. The Bertz CT molecular complexity index is 847. The van der Waals surface area contributed by atoms with Gasteiger partial charge in [-0.05, 0) is 69.2 Å². The van der Waals surface area contributed by atoms with E-state index < -0.39 is 0 Å². The van der Waals surface area contributed by atoms with E-state index in [0.29, 0.717) is 29.6 Å². The van der Waals surface area contributed by atoms with Gasteiger partial charge in [0.25, 0.3) is 5.91 Å². The minimum absolute atomic E-state index is 0.0202. The molecule has 2 saturated heterocycles. The van der Waals surface area contributed by atoms with E-state index >= 15 is 0 Å². The first-order valence-electron chi connectivity index (χ1n) is 10.8. The molecule has 1 aromatic heterocycles. The van der Waals surface area contributed by atoms with Crippen molar-refractivity contribution in [3.05, 3.63) is 46.2 Å². The molecule has 3 heterocycles. The lowest BCUT2D eigenvalue weighted by atomic mass is 9.95. The summed E-state index contributed by atoms with van der Waals surface area (Å²) in [7, 11) is 0. The van der Waals surface area contributed by atoms with Crippen molar-refractivity contribution in [2.75, 3.05) is 32.8 Å². The Morgan fingerprint density at radius 3 is 2.73 bits per heavy atom. The molecule has 8 heteroatoms. The van der Waals surface area contributed by atoms with Crippen molar-refractivity contribution >= 4 is 17.4 Å². The van der Waals surface area contributed by atoms with Crippen molar-refractivity contribution in [2.24, 2.45) is 5.92 Å². The summed E-state index contributed by atoms with van der Waals surface area (Å²) in [6.07, 6.45) is 4.19. The van der Waals surface area contributed by atoms with E-state index in [2.05, 4.69) is 14.5 Å². The molecular formula is C22H29FN4O2S. The van der Waals surface area contributed by atoms with Crippen LogP contribution >= 0.6 is 11.5 Å². The zero-order chi connectivity index (χ0) is 20.9. The highest BCUT2D eigenvalue weighted by Crippen LogP contribution is 2.24. The fourth-order valence-electron chi connectivity index (χ4n) is 4.35. The number of aromatic nitrogens is 2. The van der Waals surface area contributed by atoms with Crippen molar-refractivity contribution in [3.8, 4) is 0 Å². The van der Waals surface area contributed by atoms with E-state index in [1.807, 2.05) is 24.0 Å². The first kappa shape index (κ1) is 21.3. The van der Waals surface area contributed by atoms with Crippen LogP contribution in [0.5, 0.6) is 0 Å². The number of amides is 1. The lowest BCUT2D eigenvalue weighted by Gasteiger charge is -2.35. The Kier molecular flexibility index (Phi) is 7.07. The van der Waals surface area contributed by atoms with Crippen LogP contribution in [0.25, 0.3) is 0 Å². The van der Waals surface area contributed by atoms with Gasteiger partial charge in [-0.2, -0.15) is 0 Å². The van der Waals surface area contributed by atoms with Gasteiger partial charge in [0.15, 0.2) is 0 Å². The Balaban J connectivity index is 1.35. The fraction of sp³-hybridized carbons (Fsp3) is 0.591. The number of carbonyl (C=O) groups is 1. The second-order valence-corrected chi connectivity index (χ2v) is 9.10. The van der Waals surface area contributed by atoms with Gasteiger partial charge < -0.3 is 9.64 Å². The Hall–Kier alpha value is -1.90. The van der Waals surface area contributed by atoms with Gasteiger partial charge >= 0.3 is 0 Å². The molecule has 0 saturated carbocycles. The molecule has 2 aliphatic rings. The summed E-state index contributed by atoms with van der Waals surface area (Å²) in [5.74, 6) is 0.321. The third kappa shape index (κ3) is 5.22. The predicted molar refractivity (Wildman–Crippen MR) is 114 cm³/mol. The number of carbonyl (C=O) groups excluding carboxylic acids is 1. The highest BCUT2D eigenvalue weighted by molar-refractivity contribution is 7.07. The third-order valence-electron chi connectivity index (χ3n) is 6.12. The summed E-state index contributed by atoms with van der Waals surface area (Å²) in [5, 5.41) is 4.01. The van der Waals surface area contributed by atoms with Crippen LogP contribution in [-0.4, -0.2) is 64.2 Å². The van der Waals surface area contributed by atoms with Crippen LogP contribution in [0, 0.1) is 18.7 Å². The van der Waals surface area contributed by atoms with Crippen LogP contribution in [0.3, 0.4) is 0 Å². The zero-order valence-electron chi connectivity index (χ0n) is 17.4. The molecule has 0 spiro atoms. The van der Waals surface area contributed by atoms with Gasteiger partial charge in [0, 0.05) is 31.8 Å². The largest absolute Gasteiger partial charge is 0.376 e. The average Bonchev–Trinajstić information content (AvgIpc) is 3.42. The van der Waals surface area contributed by atoms with Crippen LogP contribution in [0.15, 0.2) is 24.3 Å². The summed E-state index contributed by atoms with van der Waals surface area (Å²) in [6, 6.07) is 6.99. The number of hydrogen-bond acceptors (Lipinski definition) is 6. The van der Waals surface area contributed by atoms with Crippen molar-refractivity contribution in [1.29, 1.82) is 0 Å². The molecule has 1 atom stereocenters. The average molecular weight is 433 g/mol. The number of rotatable bonds is 7. The highest BCUT2D eigenvalue weighted by Gasteiger charge is 2.29. The number of halogens is 1. The quantitative estimate of drug-likeness (QED) is 0.670. The molecule has 0 N–H and O–H groups in total. The molecule has 1 aromatic carbocycles. The Labute approximate surface area is 181 Å². The van der Waals surface area contributed by atoms with Crippen LogP contribution in [-0.2, 0) is 11.3 Å². The molecule has 2 aromatic rings.